The molecule has 3 amide bonds. The SMILES string of the molecule is [N-]=[N+]=NCCOCCOCCOCCNC(=O)CCCNC(=O)c1ccc(N(Cc2cnc3nc(N)[nH]c(=O)c3n2)C(=O)C(F)(F)F)cc1. The van der Waals surface area contributed by atoms with Gasteiger partial charge in [-0.25, -0.2) is 9.97 Å². The Labute approximate surface area is 276 Å². The molecule has 0 fully saturated rings. The highest BCUT2D eigenvalue weighted by atomic mass is 19.4. The third-order valence-electron chi connectivity index (χ3n) is 6.31. The van der Waals surface area contributed by atoms with Gasteiger partial charge in [-0.05, 0) is 36.2 Å². The lowest BCUT2D eigenvalue weighted by atomic mass is 10.1. The number of carbonyl (C=O) groups excluding carboxylic acids is 3. The minimum absolute atomic E-state index is 0.104. The van der Waals surface area contributed by atoms with Crippen molar-refractivity contribution in [3.63, 3.8) is 0 Å². The maximum atomic E-state index is 13.5. The number of azide groups is 1. The zero-order chi connectivity index (χ0) is 35.6. The molecule has 49 heavy (non-hydrogen) atoms. The average Bonchev–Trinajstić information content (AvgIpc) is 3.07. The van der Waals surface area contributed by atoms with Crippen LogP contribution in [0.4, 0.5) is 24.8 Å². The van der Waals surface area contributed by atoms with E-state index in [-0.39, 0.29) is 72.6 Å². The van der Waals surface area contributed by atoms with Crippen molar-refractivity contribution in [3.8, 4) is 0 Å². The number of amides is 3. The minimum Gasteiger partial charge on any atom is -0.379 e. The van der Waals surface area contributed by atoms with Gasteiger partial charge in [-0.2, -0.15) is 18.2 Å². The van der Waals surface area contributed by atoms with E-state index in [0.29, 0.717) is 44.4 Å². The fourth-order valence-corrected chi connectivity index (χ4v) is 4.03. The van der Waals surface area contributed by atoms with E-state index in [1.807, 2.05) is 0 Å². The van der Waals surface area contributed by atoms with Crippen molar-refractivity contribution < 1.29 is 41.8 Å². The summed E-state index contributed by atoms with van der Waals surface area (Å²) in [7, 11) is 0. The number of nitrogen functional groups attached to an aromatic ring is 1. The molecule has 3 rings (SSSR count). The van der Waals surface area contributed by atoms with Crippen LogP contribution in [0.2, 0.25) is 0 Å². The van der Waals surface area contributed by atoms with Gasteiger partial charge in [0, 0.05) is 42.2 Å². The van der Waals surface area contributed by atoms with E-state index in [9.17, 15) is 32.3 Å². The molecule has 0 unspecified atom stereocenters. The van der Waals surface area contributed by atoms with Crippen LogP contribution in [0.5, 0.6) is 0 Å². The Bertz CT molecular complexity index is 1670. The molecule has 5 N–H and O–H groups in total. The summed E-state index contributed by atoms with van der Waals surface area (Å²) in [5.41, 5.74) is 12.2. The number of hydrogen-bond donors (Lipinski definition) is 4. The van der Waals surface area contributed by atoms with E-state index in [0.717, 1.165) is 18.3 Å². The number of nitrogens with zero attached hydrogens (tertiary/aromatic N) is 7. The third-order valence-corrected chi connectivity index (χ3v) is 6.31. The van der Waals surface area contributed by atoms with Gasteiger partial charge in [0.05, 0.1) is 58.1 Å². The Balaban J connectivity index is 1.39. The van der Waals surface area contributed by atoms with Crippen LogP contribution < -0.4 is 26.8 Å². The van der Waals surface area contributed by atoms with Crippen LogP contribution in [0.25, 0.3) is 21.6 Å². The quantitative estimate of drug-likeness (QED) is 0.0569. The molecular weight excluding hydrogens is 659 g/mol. The molecular formula is C28H34F3N11O7. The van der Waals surface area contributed by atoms with E-state index in [4.69, 9.17) is 25.5 Å². The van der Waals surface area contributed by atoms with Gasteiger partial charge in [0.2, 0.25) is 11.9 Å². The van der Waals surface area contributed by atoms with Crippen LogP contribution in [0.3, 0.4) is 0 Å². The summed E-state index contributed by atoms with van der Waals surface area (Å²) in [5.74, 6) is -3.21. The Hall–Kier alpha value is -5.37. The molecule has 21 heteroatoms. The zero-order valence-electron chi connectivity index (χ0n) is 26.1. The number of rotatable bonds is 20. The predicted octanol–water partition coefficient (Wildman–Crippen LogP) is 1.38. The first-order chi connectivity index (χ1) is 23.5. The number of alkyl halides is 3. The highest BCUT2D eigenvalue weighted by Gasteiger charge is 2.43. The molecule has 0 bridgehead atoms. The van der Waals surface area contributed by atoms with Crippen LogP contribution in [0.1, 0.15) is 28.9 Å². The molecule has 2 aromatic heterocycles. The van der Waals surface area contributed by atoms with Crippen LogP contribution in [0.15, 0.2) is 40.4 Å². The highest BCUT2D eigenvalue weighted by Crippen LogP contribution is 2.26. The van der Waals surface area contributed by atoms with E-state index >= 15 is 0 Å². The zero-order valence-corrected chi connectivity index (χ0v) is 26.1. The lowest BCUT2D eigenvalue weighted by molar-refractivity contribution is -0.170. The van der Waals surface area contributed by atoms with Crippen molar-refractivity contribution in [1.29, 1.82) is 0 Å². The summed E-state index contributed by atoms with van der Waals surface area (Å²) in [5, 5.41) is 8.64. The fraction of sp³-hybridized carbons (Fsp3) is 0.464. The van der Waals surface area contributed by atoms with Gasteiger partial charge < -0.3 is 30.6 Å². The summed E-state index contributed by atoms with van der Waals surface area (Å²) >= 11 is 0. The molecule has 0 aliphatic heterocycles. The van der Waals surface area contributed by atoms with E-state index < -0.39 is 30.1 Å². The molecule has 0 spiro atoms. The molecule has 2 heterocycles. The third kappa shape index (κ3) is 13.0. The molecule has 18 nitrogen and oxygen atoms in total. The summed E-state index contributed by atoms with van der Waals surface area (Å²) in [6.45, 7) is 1.99. The molecule has 0 saturated heterocycles. The maximum Gasteiger partial charge on any atom is 0.471 e. The number of benzene rings is 1. The van der Waals surface area contributed by atoms with Crippen molar-refractivity contribution in [2.45, 2.75) is 25.6 Å². The van der Waals surface area contributed by atoms with Gasteiger partial charge in [0.25, 0.3) is 11.5 Å². The molecule has 0 aliphatic rings. The van der Waals surface area contributed by atoms with Crippen molar-refractivity contribution in [2.75, 3.05) is 69.9 Å². The van der Waals surface area contributed by atoms with E-state index in [2.05, 4.69) is 40.6 Å². The van der Waals surface area contributed by atoms with Crippen LogP contribution in [0, 0.1) is 0 Å². The van der Waals surface area contributed by atoms with Crippen LogP contribution in [-0.2, 0) is 30.3 Å². The number of halogens is 3. The van der Waals surface area contributed by atoms with Crippen molar-refractivity contribution in [3.05, 3.63) is 62.5 Å². The van der Waals surface area contributed by atoms with Gasteiger partial charge in [-0.15, -0.1) is 0 Å². The number of nitrogens with two attached hydrogens (primary N) is 1. The standard InChI is InChI=1S/C28H34F3N11O7/c29-28(30,31)26(46)42(17-19-16-36-23-22(38-19)25(45)40-27(32)39-23)20-5-3-18(4-6-20)24(44)35-7-1-2-21(43)34-8-10-47-12-14-49-15-13-48-11-9-37-41-33/h3-6,16H,1-2,7-15,17H2,(H,34,43)(H,35,44)(H3,32,36,39,40,45). The number of fused-ring (bicyclic) bond motifs is 1. The number of aromatic amines is 1. The molecule has 3 aromatic rings. The van der Waals surface area contributed by atoms with Gasteiger partial charge in [0.1, 0.15) is 0 Å². The summed E-state index contributed by atoms with van der Waals surface area (Å²) in [6.07, 6.45) is -3.73. The second-order valence-corrected chi connectivity index (χ2v) is 9.92. The smallest absolute Gasteiger partial charge is 0.379 e. The van der Waals surface area contributed by atoms with Crippen LogP contribution in [-0.4, -0.2) is 103 Å². The topological polar surface area (TPSA) is 253 Å². The fourth-order valence-electron chi connectivity index (χ4n) is 4.03. The lowest BCUT2D eigenvalue weighted by Gasteiger charge is -2.23. The average molecular weight is 694 g/mol. The number of ether oxygens (including phenoxy) is 3. The molecule has 0 atom stereocenters. The van der Waals surface area contributed by atoms with E-state index in [1.165, 1.54) is 12.1 Å². The predicted molar refractivity (Wildman–Crippen MR) is 167 cm³/mol. The summed E-state index contributed by atoms with van der Waals surface area (Å²) in [4.78, 5) is 65.9. The Morgan fingerprint density at radius 1 is 0.980 bits per heavy atom. The van der Waals surface area contributed by atoms with Crippen LogP contribution >= 0.6 is 0 Å². The normalized spacial score (nSPS) is 11.2. The second kappa shape index (κ2) is 19.5. The van der Waals surface area contributed by atoms with Crippen molar-refractivity contribution in [2.24, 2.45) is 5.11 Å². The monoisotopic (exact) mass is 693 g/mol. The van der Waals surface area contributed by atoms with Gasteiger partial charge >= 0.3 is 12.1 Å². The number of nitrogens with one attached hydrogen (secondary N) is 3. The van der Waals surface area contributed by atoms with Gasteiger partial charge in [-0.3, -0.25) is 29.1 Å². The molecule has 1 aromatic carbocycles. The second-order valence-electron chi connectivity index (χ2n) is 9.92. The number of H-pyrrole nitrogens is 1. The molecule has 264 valence electrons. The Kier molecular flexibility index (Phi) is 15.1. The number of aromatic nitrogens is 4. The largest absolute Gasteiger partial charge is 0.471 e. The Morgan fingerprint density at radius 2 is 1.65 bits per heavy atom. The minimum atomic E-state index is -5.24. The first kappa shape index (κ1) is 38.1. The van der Waals surface area contributed by atoms with Crippen molar-refractivity contribution >= 4 is 40.5 Å². The number of hydrogen-bond acceptors (Lipinski definition) is 12. The first-order valence-electron chi connectivity index (χ1n) is 14.8. The molecule has 0 aliphatic carbocycles. The van der Waals surface area contributed by atoms with Gasteiger partial charge in [-0.1, -0.05) is 5.11 Å². The highest BCUT2D eigenvalue weighted by molar-refractivity contribution is 5.98. The Morgan fingerprint density at radius 3 is 2.33 bits per heavy atom. The molecule has 0 radical (unpaired) electrons. The van der Waals surface area contributed by atoms with E-state index in [1.54, 1.807) is 0 Å². The maximum absolute atomic E-state index is 13.5. The number of carbonyl (C=O) groups is 3. The lowest BCUT2D eigenvalue weighted by Crippen LogP contribution is -2.41. The molecule has 0 saturated carbocycles. The van der Waals surface area contributed by atoms with Crippen molar-refractivity contribution in [1.82, 2.24) is 30.6 Å². The van der Waals surface area contributed by atoms with Gasteiger partial charge in [0.15, 0.2) is 11.2 Å². The number of anilines is 2. The first-order valence-corrected chi connectivity index (χ1v) is 14.8. The summed E-state index contributed by atoms with van der Waals surface area (Å²) < 4.78 is 56.3. The summed E-state index contributed by atoms with van der Waals surface area (Å²) in [6, 6.07) is 4.80.